The molecular weight excluding hydrogens is 266 g/mol. The van der Waals surface area contributed by atoms with E-state index >= 15 is 0 Å². The van der Waals surface area contributed by atoms with Gasteiger partial charge in [-0.2, -0.15) is 0 Å². The zero-order valence-electron chi connectivity index (χ0n) is 13.0. The van der Waals surface area contributed by atoms with Crippen molar-refractivity contribution in [2.24, 2.45) is 0 Å². The van der Waals surface area contributed by atoms with Crippen LogP contribution >= 0.6 is 0 Å². The zero-order valence-corrected chi connectivity index (χ0v) is 13.0. The van der Waals surface area contributed by atoms with E-state index in [9.17, 15) is 5.11 Å². The van der Waals surface area contributed by atoms with Crippen LogP contribution in [0.5, 0.6) is 11.5 Å². The third-order valence-electron chi connectivity index (χ3n) is 4.25. The number of hydrogen-bond donors (Lipinski definition) is 1. The van der Waals surface area contributed by atoms with E-state index < -0.39 is 0 Å². The Morgan fingerprint density at radius 2 is 2.29 bits per heavy atom. The lowest BCUT2D eigenvalue weighted by Gasteiger charge is -2.30. The second kappa shape index (κ2) is 6.24. The predicted octanol–water partition coefficient (Wildman–Crippen LogP) is 2.37. The second-order valence-corrected chi connectivity index (χ2v) is 6.16. The first kappa shape index (κ1) is 14.7. The van der Waals surface area contributed by atoms with Gasteiger partial charge in [0, 0.05) is 30.6 Å². The summed E-state index contributed by atoms with van der Waals surface area (Å²) in [5, 5.41) is 9.82. The van der Waals surface area contributed by atoms with E-state index in [2.05, 4.69) is 24.0 Å². The van der Waals surface area contributed by atoms with Crippen molar-refractivity contribution in [1.82, 2.24) is 4.90 Å². The monoisotopic (exact) mass is 291 g/mol. The van der Waals surface area contributed by atoms with E-state index in [1.807, 2.05) is 6.92 Å². The molecule has 4 nitrogen and oxygen atoms in total. The van der Waals surface area contributed by atoms with Crippen molar-refractivity contribution >= 4 is 0 Å². The molecule has 2 atom stereocenters. The van der Waals surface area contributed by atoms with Crippen molar-refractivity contribution in [2.45, 2.75) is 51.9 Å². The summed E-state index contributed by atoms with van der Waals surface area (Å²) in [6.07, 6.45) is 2.99. The van der Waals surface area contributed by atoms with Gasteiger partial charge in [-0.1, -0.05) is 0 Å². The Morgan fingerprint density at radius 1 is 1.43 bits per heavy atom. The Labute approximate surface area is 126 Å². The van der Waals surface area contributed by atoms with Gasteiger partial charge in [0.1, 0.15) is 17.6 Å². The number of ether oxygens (including phenoxy) is 2. The smallest absolute Gasteiger partial charge is 0.124 e. The summed E-state index contributed by atoms with van der Waals surface area (Å²) in [5.41, 5.74) is 2.41. The molecule has 0 radical (unpaired) electrons. The predicted molar refractivity (Wildman–Crippen MR) is 81.9 cm³/mol. The number of piperidine rings is 1. The number of likely N-dealkylation sites (tertiary alicyclic amines) is 1. The Balaban J connectivity index is 1.81. The van der Waals surface area contributed by atoms with E-state index in [0.29, 0.717) is 6.61 Å². The van der Waals surface area contributed by atoms with Crippen molar-refractivity contribution in [3.63, 3.8) is 0 Å². The molecule has 0 saturated carbocycles. The fourth-order valence-electron chi connectivity index (χ4n) is 3.31. The van der Waals surface area contributed by atoms with Crippen LogP contribution in [0.15, 0.2) is 12.1 Å². The molecule has 1 saturated heterocycles. The number of β-amino-alcohol motifs (C(OH)–C–C–N with tert-alkyl or cyclic N) is 1. The Bertz CT molecular complexity index is 503. The van der Waals surface area contributed by atoms with E-state index in [1.54, 1.807) is 0 Å². The highest BCUT2D eigenvalue weighted by molar-refractivity contribution is 5.48. The van der Waals surface area contributed by atoms with Crippen LogP contribution in [0.1, 0.15) is 37.8 Å². The van der Waals surface area contributed by atoms with Gasteiger partial charge < -0.3 is 14.6 Å². The van der Waals surface area contributed by atoms with Gasteiger partial charge in [-0.3, -0.25) is 4.90 Å². The average Bonchev–Trinajstić information content (AvgIpc) is 2.78. The maximum absolute atomic E-state index is 9.82. The molecule has 1 aromatic carbocycles. The maximum atomic E-state index is 9.82. The van der Waals surface area contributed by atoms with E-state index in [-0.39, 0.29) is 12.2 Å². The molecule has 21 heavy (non-hydrogen) atoms. The van der Waals surface area contributed by atoms with E-state index in [1.165, 1.54) is 11.1 Å². The van der Waals surface area contributed by atoms with Gasteiger partial charge in [-0.25, -0.2) is 0 Å². The summed E-state index contributed by atoms with van der Waals surface area (Å²) in [5.74, 6) is 1.97. The van der Waals surface area contributed by atoms with Crippen molar-refractivity contribution in [3.8, 4) is 11.5 Å². The normalized spacial score (nSPS) is 25.5. The lowest BCUT2D eigenvalue weighted by atomic mass is 10.0. The summed E-state index contributed by atoms with van der Waals surface area (Å²) in [6, 6.07) is 4.27. The molecule has 0 bridgehead atoms. The number of aliphatic hydroxyl groups is 1. The molecule has 116 valence electrons. The Kier molecular flexibility index (Phi) is 4.36. The number of aliphatic hydroxyl groups excluding tert-OH is 1. The van der Waals surface area contributed by atoms with Crippen LogP contribution in [0.2, 0.25) is 0 Å². The highest BCUT2D eigenvalue weighted by atomic mass is 16.5. The van der Waals surface area contributed by atoms with Crippen LogP contribution in [0, 0.1) is 0 Å². The van der Waals surface area contributed by atoms with Crippen LogP contribution in [-0.2, 0) is 13.0 Å². The van der Waals surface area contributed by atoms with Crippen LogP contribution in [0.3, 0.4) is 0 Å². The van der Waals surface area contributed by atoms with Crippen LogP contribution < -0.4 is 9.47 Å². The molecule has 2 unspecified atom stereocenters. The Morgan fingerprint density at radius 3 is 3.05 bits per heavy atom. The first-order chi connectivity index (χ1) is 10.2. The highest BCUT2D eigenvalue weighted by Gasteiger charge is 2.24. The number of hydrogen-bond acceptors (Lipinski definition) is 4. The third kappa shape index (κ3) is 3.33. The SMILES string of the molecule is CCOc1cc2c(cc1CN1CCCC(O)C1)OC(C)C2. The Hall–Kier alpha value is -1.26. The van der Waals surface area contributed by atoms with Gasteiger partial charge in [-0.05, 0) is 45.4 Å². The first-order valence-corrected chi connectivity index (χ1v) is 8.01. The summed E-state index contributed by atoms with van der Waals surface area (Å²) >= 11 is 0. The summed E-state index contributed by atoms with van der Waals surface area (Å²) in [6.45, 7) is 7.39. The molecular formula is C17H25NO3. The van der Waals surface area contributed by atoms with Gasteiger partial charge in [-0.15, -0.1) is 0 Å². The number of nitrogens with zero attached hydrogens (tertiary/aromatic N) is 1. The molecule has 1 N–H and O–H groups in total. The molecule has 0 amide bonds. The third-order valence-corrected chi connectivity index (χ3v) is 4.25. The second-order valence-electron chi connectivity index (χ2n) is 6.16. The quantitative estimate of drug-likeness (QED) is 0.925. The maximum Gasteiger partial charge on any atom is 0.124 e. The molecule has 1 aromatic rings. The fraction of sp³-hybridized carbons (Fsp3) is 0.647. The van der Waals surface area contributed by atoms with Crippen molar-refractivity contribution < 1.29 is 14.6 Å². The molecule has 3 rings (SSSR count). The minimum atomic E-state index is -0.194. The lowest BCUT2D eigenvalue weighted by Crippen LogP contribution is -2.37. The molecule has 0 spiro atoms. The van der Waals surface area contributed by atoms with Crippen LogP contribution in [-0.4, -0.2) is 41.9 Å². The molecule has 4 heteroatoms. The summed E-state index contributed by atoms with van der Waals surface area (Å²) in [7, 11) is 0. The van der Waals surface area contributed by atoms with Crippen molar-refractivity contribution in [3.05, 3.63) is 23.3 Å². The van der Waals surface area contributed by atoms with Crippen molar-refractivity contribution in [1.29, 1.82) is 0 Å². The van der Waals surface area contributed by atoms with Crippen molar-refractivity contribution in [2.75, 3.05) is 19.7 Å². The van der Waals surface area contributed by atoms with Gasteiger partial charge >= 0.3 is 0 Å². The van der Waals surface area contributed by atoms with E-state index in [4.69, 9.17) is 9.47 Å². The fourth-order valence-corrected chi connectivity index (χ4v) is 3.31. The minimum absolute atomic E-state index is 0.194. The van der Waals surface area contributed by atoms with Crippen LogP contribution in [0.4, 0.5) is 0 Å². The minimum Gasteiger partial charge on any atom is -0.494 e. The summed E-state index contributed by atoms with van der Waals surface area (Å²) in [4.78, 5) is 2.30. The summed E-state index contributed by atoms with van der Waals surface area (Å²) < 4.78 is 11.7. The average molecular weight is 291 g/mol. The molecule has 2 aliphatic rings. The van der Waals surface area contributed by atoms with Crippen LogP contribution in [0.25, 0.3) is 0 Å². The lowest BCUT2D eigenvalue weighted by molar-refractivity contribution is 0.0663. The van der Waals surface area contributed by atoms with E-state index in [0.717, 1.165) is 50.4 Å². The zero-order chi connectivity index (χ0) is 14.8. The van der Waals surface area contributed by atoms with Gasteiger partial charge in [0.15, 0.2) is 0 Å². The number of fused-ring (bicyclic) bond motifs is 1. The van der Waals surface area contributed by atoms with Gasteiger partial charge in [0.05, 0.1) is 12.7 Å². The first-order valence-electron chi connectivity index (χ1n) is 8.01. The number of benzene rings is 1. The topological polar surface area (TPSA) is 41.9 Å². The van der Waals surface area contributed by atoms with Gasteiger partial charge in [0.25, 0.3) is 0 Å². The molecule has 1 fully saturated rings. The molecule has 2 heterocycles. The molecule has 0 aromatic heterocycles. The standard InChI is InChI=1S/C17H25NO3/c1-3-20-16-8-13-7-12(2)21-17(13)9-14(16)10-18-6-4-5-15(19)11-18/h8-9,12,15,19H,3-7,10-11H2,1-2H3. The number of rotatable bonds is 4. The molecule has 0 aliphatic carbocycles. The highest BCUT2D eigenvalue weighted by Crippen LogP contribution is 2.36. The largest absolute Gasteiger partial charge is 0.494 e. The van der Waals surface area contributed by atoms with Gasteiger partial charge in [0.2, 0.25) is 0 Å². The molecule has 2 aliphatic heterocycles.